The van der Waals surface area contributed by atoms with E-state index in [1.54, 1.807) is 30.7 Å². The number of rotatable bonds is 5. The number of fused-ring (bicyclic) bond motifs is 1. The molecule has 0 aliphatic heterocycles. The molecule has 7 nitrogen and oxygen atoms in total. The number of halogens is 2. The monoisotopic (exact) mass is 478 g/mol. The number of hydrogen-bond acceptors (Lipinski definition) is 6. The number of aromatic nitrogens is 4. The average Bonchev–Trinajstić information content (AvgIpc) is 3.20. The van der Waals surface area contributed by atoms with Crippen LogP contribution in [-0.2, 0) is 5.60 Å². The first-order valence-corrected chi connectivity index (χ1v) is 11.7. The molecule has 3 aromatic heterocycles. The molecule has 4 N–H and O–H groups in total. The van der Waals surface area contributed by atoms with Crippen molar-refractivity contribution in [1.82, 2.24) is 19.6 Å². The molecule has 2 atom stereocenters. The van der Waals surface area contributed by atoms with Crippen LogP contribution in [0, 0.1) is 11.6 Å². The first kappa shape index (κ1) is 23.3. The third-order valence-electron chi connectivity index (χ3n) is 6.64. The van der Waals surface area contributed by atoms with Crippen molar-refractivity contribution >= 4 is 17.2 Å². The van der Waals surface area contributed by atoms with Gasteiger partial charge in [0.2, 0.25) is 5.95 Å². The van der Waals surface area contributed by atoms with Crippen molar-refractivity contribution in [3.63, 3.8) is 0 Å². The second kappa shape index (κ2) is 8.98. The van der Waals surface area contributed by atoms with Crippen molar-refractivity contribution in [2.75, 3.05) is 5.32 Å². The number of aliphatic hydroxyl groups is 1. The molecule has 1 aromatic carbocycles. The van der Waals surface area contributed by atoms with Gasteiger partial charge in [-0.15, -0.1) is 0 Å². The highest BCUT2D eigenvalue weighted by Gasteiger charge is 2.25. The Bertz CT molecular complexity index is 1360. The zero-order valence-electron chi connectivity index (χ0n) is 19.7. The van der Waals surface area contributed by atoms with Crippen LogP contribution in [0.5, 0.6) is 0 Å². The highest BCUT2D eigenvalue weighted by atomic mass is 19.1. The van der Waals surface area contributed by atoms with E-state index in [1.165, 1.54) is 18.4 Å². The number of nitrogens with one attached hydrogen (secondary N) is 1. The Balaban J connectivity index is 1.52. The van der Waals surface area contributed by atoms with E-state index in [2.05, 4.69) is 20.4 Å². The lowest BCUT2D eigenvalue weighted by Gasteiger charge is -2.28. The van der Waals surface area contributed by atoms with Gasteiger partial charge in [-0.05, 0) is 80.5 Å². The minimum Gasteiger partial charge on any atom is -0.386 e. The summed E-state index contributed by atoms with van der Waals surface area (Å²) in [6.07, 6.45) is 9.22. The molecule has 3 heterocycles. The normalized spacial score (nSPS) is 18.7. The van der Waals surface area contributed by atoms with E-state index in [1.807, 2.05) is 6.07 Å². The molecule has 35 heavy (non-hydrogen) atoms. The first-order chi connectivity index (χ1) is 16.7. The van der Waals surface area contributed by atoms with Crippen LogP contribution < -0.4 is 11.1 Å². The van der Waals surface area contributed by atoms with Gasteiger partial charge in [-0.3, -0.25) is 4.98 Å². The van der Waals surface area contributed by atoms with Gasteiger partial charge in [0.05, 0.1) is 40.5 Å². The molecule has 0 amide bonds. The molecule has 1 saturated carbocycles. The zero-order chi connectivity index (χ0) is 24.7. The molecule has 0 unspecified atom stereocenters. The fourth-order valence-electron chi connectivity index (χ4n) is 4.77. The Hall–Kier alpha value is -3.43. The fourth-order valence-corrected chi connectivity index (χ4v) is 4.77. The van der Waals surface area contributed by atoms with E-state index in [0.29, 0.717) is 17.4 Å². The Morgan fingerprint density at radius 2 is 1.89 bits per heavy atom. The van der Waals surface area contributed by atoms with Crippen LogP contribution >= 0.6 is 0 Å². The lowest BCUT2D eigenvalue weighted by Crippen LogP contribution is -2.27. The third kappa shape index (κ3) is 4.61. The summed E-state index contributed by atoms with van der Waals surface area (Å²) in [6.45, 7) is 2.95. The Morgan fingerprint density at radius 3 is 2.60 bits per heavy atom. The highest BCUT2D eigenvalue weighted by molar-refractivity contribution is 5.66. The second-order valence-electron chi connectivity index (χ2n) is 9.72. The molecule has 0 radical (unpaired) electrons. The van der Waals surface area contributed by atoms with Crippen LogP contribution in [0.25, 0.3) is 16.8 Å². The van der Waals surface area contributed by atoms with Crippen LogP contribution in [0.2, 0.25) is 0 Å². The van der Waals surface area contributed by atoms with Crippen molar-refractivity contribution in [3.8, 4) is 11.3 Å². The summed E-state index contributed by atoms with van der Waals surface area (Å²) in [6, 6.07) is 7.69. The molecule has 5 rings (SSSR count). The summed E-state index contributed by atoms with van der Waals surface area (Å²) < 4.78 is 31.4. The standard InChI is InChI=1S/C26H28F2N6O/c1-26(2,35)16-11-20(27)24(21(28)12-16)22-7-6-18-13-31-25(34(18)33-22)32-23-14-30-9-8-19(23)15-4-3-5-17(29)10-15/h6-9,11-15,17,35H,3-5,10,29H2,1-2H3,(H,31,32)/t15-,17+/m1/s1. The maximum Gasteiger partial charge on any atom is 0.229 e. The Labute approximate surface area is 202 Å². The fraction of sp³-hybridized carbons (Fsp3) is 0.346. The van der Waals surface area contributed by atoms with Gasteiger partial charge in [0.25, 0.3) is 0 Å². The Morgan fingerprint density at radius 1 is 1.11 bits per heavy atom. The van der Waals surface area contributed by atoms with Crippen LogP contribution in [0.1, 0.15) is 56.6 Å². The topological polar surface area (TPSA) is 101 Å². The lowest BCUT2D eigenvalue weighted by atomic mass is 9.81. The predicted octanol–water partition coefficient (Wildman–Crippen LogP) is 5.03. The number of nitrogens with two attached hydrogens (primary N) is 1. The molecule has 1 aliphatic rings. The highest BCUT2D eigenvalue weighted by Crippen LogP contribution is 2.37. The van der Waals surface area contributed by atoms with Gasteiger partial charge in [-0.25, -0.2) is 13.8 Å². The van der Waals surface area contributed by atoms with Crippen molar-refractivity contribution in [1.29, 1.82) is 0 Å². The first-order valence-electron chi connectivity index (χ1n) is 11.7. The van der Waals surface area contributed by atoms with Gasteiger partial charge in [-0.2, -0.15) is 9.61 Å². The minimum atomic E-state index is -1.37. The molecular formula is C26H28F2N6O. The predicted molar refractivity (Wildman–Crippen MR) is 130 cm³/mol. The van der Waals surface area contributed by atoms with E-state index >= 15 is 0 Å². The minimum absolute atomic E-state index is 0.112. The van der Waals surface area contributed by atoms with Gasteiger partial charge >= 0.3 is 0 Å². The molecule has 1 aliphatic carbocycles. The number of benzene rings is 1. The quantitative estimate of drug-likeness (QED) is 0.372. The van der Waals surface area contributed by atoms with Crippen LogP contribution in [0.3, 0.4) is 0 Å². The maximum absolute atomic E-state index is 14.9. The zero-order valence-corrected chi connectivity index (χ0v) is 19.7. The lowest BCUT2D eigenvalue weighted by molar-refractivity contribution is 0.0779. The van der Waals surface area contributed by atoms with Crippen LogP contribution in [-0.4, -0.2) is 30.7 Å². The van der Waals surface area contributed by atoms with Crippen molar-refractivity contribution in [3.05, 3.63) is 71.7 Å². The third-order valence-corrected chi connectivity index (χ3v) is 6.64. The largest absolute Gasteiger partial charge is 0.386 e. The summed E-state index contributed by atoms with van der Waals surface area (Å²) in [4.78, 5) is 8.70. The number of hydrogen-bond donors (Lipinski definition) is 3. The van der Waals surface area contributed by atoms with Gasteiger partial charge < -0.3 is 16.2 Å². The van der Waals surface area contributed by atoms with Gasteiger partial charge in [0.15, 0.2) is 0 Å². The van der Waals surface area contributed by atoms with E-state index in [-0.39, 0.29) is 22.9 Å². The van der Waals surface area contributed by atoms with Gasteiger partial charge in [-0.1, -0.05) is 6.42 Å². The van der Waals surface area contributed by atoms with E-state index < -0.39 is 17.2 Å². The number of anilines is 2. The molecule has 1 fully saturated rings. The second-order valence-corrected chi connectivity index (χ2v) is 9.72. The summed E-state index contributed by atoms with van der Waals surface area (Å²) in [5.74, 6) is -0.875. The molecule has 0 bridgehead atoms. The van der Waals surface area contributed by atoms with Crippen molar-refractivity contribution < 1.29 is 13.9 Å². The average molecular weight is 479 g/mol. The number of imidazole rings is 1. The summed E-state index contributed by atoms with van der Waals surface area (Å²) in [7, 11) is 0. The van der Waals surface area contributed by atoms with Gasteiger partial charge in [0.1, 0.15) is 11.6 Å². The van der Waals surface area contributed by atoms with E-state index in [0.717, 1.165) is 49.1 Å². The van der Waals surface area contributed by atoms with Crippen molar-refractivity contribution in [2.24, 2.45) is 5.73 Å². The summed E-state index contributed by atoms with van der Waals surface area (Å²) in [5.41, 5.74) is 7.41. The van der Waals surface area contributed by atoms with Crippen LogP contribution in [0.15, 0.2) is 48.9 Å². The Kier molecular flexibility index (Phi) is 5.98. The molecule has 4 aromatic rings. The van der Waals surface area contributed by atoms with Crippen molar-refractivity contribution in [2.45, 2.75) is 57.1 Å². The summed E-state index contributed by atoms with van der Waals surface area (Å²) >= 11 is 0. The number of pyridine rings is 1. The molecule has 182 valence electrons. The number of nitrogens with zero attached hydrogens (tertiary/aromatic N) is 4. The summed E-state index contributed by atoms with van der Waals surface area (Å²) in [5, 5.41) is 17.9. The van der Waals surface area contributed by atoms with Gasteiger partial charge in [0, 0.05) is 12.2 Å². The molecule has 0 spiro atoms. The molecule has 0 saturated heterocycles. The van der Waals surface area contributed by atoms with E-state index in [4.69, 9.17) is 5.73 Å². The molecule has 9 heteroatoms. The smallest absolute Gasteiger partial charge is 0.229 e. The SMILES string of the molecule is CC(C)(O)c1cc(F)c(-c2ccc3cnc(Nc4cnccc4[C@@H]4CCC[C@H](N)C4)n3n2)c(F)c1. The van der Waals surface area contributed by atoms with Crippen LogP contribution in [0.4, 0.5) is 20.4 Å². The molecular weight excluding hydrogens is 450 g/mol. The maximum atomic E-state index is 14.9. The van der Waals surface area contributed by atoms with E-state index in [9.17, 15) is 13.9 Å².